The smallest absolute Gasteiger partial charge is 0.193 e. The zero-order valence-corrected chi connectivity index (χ0v) is 18.4. The Morgan fingerprint density at radius 2 is 1.25 bits per heavy atom. The van der Waals surface area contributed by atoms with E-state index in [1.54, 1.807) is 0 Å². The first kappa shape index (κ1) is 20.0. The van der Waals surface area contributed by atoms with Gasteiger partial charge in [-0.1, -0.05) is 78.9 Å². The summed E-state index contributed by atoms with van der Waals surface area (Å²) in [5.41, 5.74) is 8.36. The van der Waals surface area contributed by atoms with E-state index in [0.717, 1.165) is 44.5 Å². The molecule has 0 aliphatic rings. The highest BCUT2D eigenvalue weighted by molar-refractivity contribution is 5.88. The first-order chi connectivity index (χ1) is 15.6. The highest BCUT2D eigenvalue weighted by Crippen LogP contribution is 2.32. The number of benzene rings is 4. The molecule has 32 heavy (non-hydrogen) atoms. The van der Waals surface area contributed by atoms with Gasteiger partial charge >= 0.3 is 0 Å². The van der Waals surface area contributed by atoms with Crippen LogP contribution < -0.4 is 5.43 Å². The standard InChI is InChI=1S/C30H25NO/c1-21-18-26-28(19-22(21)2)31(25-16-10-5-11-17-25)29(24-14-8-4-9-15-24)27(30(26)32)20-23-12-6-3-7-13-23/h3-19H,20H2,1-2H3. The van der Waals surface area contributed by atoms with E-state index in [9.17, 15) is 4.79 Å². The lowest BCUT2D eigenvalue weighted by atomic mass is 9.94. The van der Waals surface area contributed by atoms with Gasteiger partial charge in [0.05, 0.1) is 11.2 Å². The lowest BCUT2D eigenvalue weighted by molar-refractivity contribution is 1.05. The summed E-state index contributed by atoms with van der Waals surface area (Å²) in [5, 5.41) is 0.766. The van der Waals surface area contributed by atoms with Gasteiger partial charge in [0.2, 0.25) is 0 Å². The number of aryl methyl sites for hydroxylation is 2. The molecule has 0 saturated heterocycles. The maximum Gasteiger partial charge on any atom is 0.193 e. The number of fused-ring (bicyclic) bond motifs is 1. The van der Waals surface area contributed by atoms with Gasteiger partial charge in [-0.15, -0.1) is 0 Å². The quantitative estimate of drug-likeness (QED) is 0.314. The third kappa shape index (κ3) is 3.54. The molecule has 0 fully saturated rings. The van der Waals surface area contributed by atoms with Gasteiger partial charge in [0.25, 0.3) is 0 Å². The summed E-state index contributed by atoms with van der Waals surface area (Å²) in [6.45, 7) is 4.18. The molecule has 0 radical (unpaired) electrons. The number of pyridine rings is 1. The van der Waals surface area contributed by atoms with Crippen LogP contribution in [-0.4, -0.2) is 4.57 Å². The number of nitrogens with zero attached hydrogens (tertiary/aromatic N) is 1. The van der Waals surface area contributed by atoms with Gasteiger partial charge in [0, 0.05) is 23.1 Å². The van der Waals surface area contributed by atoms with Gasteiger partial charge in [-0.2, -0.15) is 0 Å². The van der Waals surface area contributed by atoms with E-state index in [0.29, 0.717) is 6.42 Å². The minimum Gasteiger partial charge on any atom is -0.309 e. The Balaban J connectivity index is 1.96. The van der Waals surface area contributed by atoms with Gasteiger partial charge < -0.3 is 4.57 Å². The molecule has 0 spiro atoms. The lowest BCUT2D eigenvalue weighted by Gasteiger charge is -2.22. The Morgan fingerprint density at radius 3 is 1.91 bits per heavy atom. The minimum absolute atomic E-state index is 0.109. The molecule has 5 aromatic rings. The molecule has 1 heterocycles. The van der Waals surface area contributed by atoms with E-state index in [2.05, 4.69) is 66.9 Å². The van der Waals surface area contributed by atoms with Crippen LogP contribution >= 0.6 is 0 Å². The molecule has 0 aliphatic carbocycles. The third-order valence-electron chi connectivity index (χ3n) is 6.17. The fourth-order valence-electron chi connectivity index (χ4n) is 4.40. The predicted molar refractivity (Wildman–Crippen MR) is 134 cm³/mol. The number of para-hydroxylation sites is 1. The van der Waals surface area contributed by atoms with Crippen LogP contribution in [0, 0.1) is 13.8 Å². The molecule has 2 heteroatoms. The largest absolute Gasteiger partial charge is 0.309 e. The van der Waals surface area contributed by atoms with Crippen molar-refractivity contribution in [3.8, 4) is 16.9 Å². The lowest BCUT2D eigenvalue weighted by Crippen LogP contribution is -2.19. The molecule has 0 N–H and O–H groups in total. The first-order valence-electron chi connectivity index (χ1n) is 11.0. The molecule has 0 unspecified atom stereocenters. The predicted octanol–water partition coefficient (Wildman–Crippen LogP) is 6.87. The SMILES string of the molecule is Cc1cc2c(=O)c(Cc3ccccc3)c(-c3ccccc3)n(-c3ccccc3)c2cc1C. The van der Waals surface area contributed by atoms with Gasteiger partial charge in [-0.05, 0) is 60.4 Å². The molecule has 0 amide bonds. The summed E-state index contributed by atoms with van der Waals surface area (Å²) in [6.07, 6.45) is 0.583. The van der Waals surface area contributed by atoms with Gasteiger partial charge in [0.1, 0.15) is 0 Å². The van der Waals surface area contributed by atoms with E-state index in [1.165, 1.54) is 5.56 Å². The highest BCUT2D eigenvalue weighted by Gasteiger charge is 2.20. The molecule has 156 valence electrons. The topological polar surface area (TPSA) is 22.0 Å². The Morgan fingerprint density at radius 1 is 0.688 bits per heavy atom. The van der Waals surface area contributed by atoms with Gasteiger partial charge in [0.15, 0.2) is 5.43 Å². The fourth-order valence-corrected chi connectivity index (χ4v) is 4.40. The van der Waals surface area contributed by atoms with Crippen LogP contribution in [0.25, 0.3) is 27.8 Å². The molecule has 0 atom stereocenters. The van der Waals surface area contributed by atoms with Crippen LogP contribution in [0.4, 0.5) is 0 Å². The molecule has 0 saturated carbocycles. The van der Waals surface area contributed by atoms with Gasteiger partial charge in [-0.3, -0.25) is 4.79 Å². The molecular weight excluding hydrogens is 390 g/mol. The van der Waals surface area contributed by atoms with Crippen molar-refractivity contribution in [2.45, 2.75) is 20.3 Å². The summed E-state index contributed by atoms with van der Waals surface area (Å²) in [5.74, 6) is 0. The van der Waals surface area contributed by atoms with Crippen LogP contribution in [0.2, 0.25) is 0 Å². The number of hydrogen-bond donors (Lipinski definition) is 0. The Bertz CT molecular complexity index is 1450. The van der Waals surface area contributed by atoms with E-state index >= 15 is 0 Å². The zero-order valence-electron chi connectivity index (χ0n) is 18.4. The molecule has 0 bridgehead atoms. The highest BCUT2D eigenvalue weighted by atomic mass is 16.1. The molecule has 5 rings (SSSR count). The molecular formula is C30H25NO. The van der Waals surface area contributed by atoms with Crippen LogP contribution in [0.3, 0.4) is 0 Å². The molecule has 1 aromatic heterocycles. The maximum absolute atomic E-state index is 14.0. The van der Waals surface area contributed by atoms with Gasteiger partial charge in [-0.25, -0.2) is 0 Å². The van der Waals surface area contributed by atoms with Crippen molar-refractivity contribution in [2.24, 2.45) is 0 Å². The van der Waals surface area contributed by atoms with Crippen LogP contribution in [0.1, 0.15) is 22.3 Å². The van der Waals surface area contributed by atoms with E-state index in [4.69, 9.17) is 0 Å². The Hall–Kier alpha value is -3.91. The second-order valence-electron chi connectivity index (χ2n) is 8.31. The van der Waals surface area contributed by atoms with Crippen LogP contribution in [-0.2, 0) is 6.42 Å². The molecule has 0 aliphatic heterocycles. The van der Waals surface area contributed by atoms with E-state index in [1.807, 2.05) is 54.6 Å². The second-order valence-corrected chi connectivity index (χ2v) is 8.31. The number of hydrogen-bond acceptors (Lipinski definition) is 1. The minimum atomic E-state index is 0.109. The van der Waals surface area contributed by atoms with Crippen molar-refractivity contribution < 1.29 is 0 Å². The summed E-state index contributed by atoms with van der Waals surface area (Å²) in [6, 6.07) is 35.1. The van der Waals surface area contributed by atoms with Crippen molar-refractivity contribution in [3.63, 3.8) is 0 Å². The summed E-state index contributed by atoms with van der Waals surface area (Å²) in [4.78, 5) is 14.0. The Kier molecular flexibility index (Phi) is 5.20. The average Bonchev–Trinajstić information content (AvgIpc) is 2.84. The van der Waals surface area contributed by atoms with Crippen LogP contribution in [0.15, 0.2) is 108 Å². The summed E-state index contributed by atoms with van der Waals surface area (Å²) < 4.78 is 2.26. The van der Waals surface area contributed by atoms with E-state index in [-0.39, 0.29) is 5.43 Å². The monoisotopic (exact) mass is 415 g/mol. The normalized spacial score (nSPS) is 11.1. The summed E-state index contributed by atoms with van der Waals surface area (Å²) in [7, 11) is 0. The third-order valence-corrected chi connectivity index (χ3v) is 6.17. The molecule has 2 nitrogen and oxygen atoms in total. The van der Waals surface area contributed by atoms with Crippen molar-refractivity contribution in [3.05, 3.63) is 136 Å². The molecule has 4 aromatic carbocycles. The number of aromatic nitrogens is 1. The van der Waals surface area contributed by atoms with Crippen LogP contribution in [0.5, 0.6) is 0 Å². The van der Waals surface area contributed by atoms with Crippen molar-refractivity contribution in [2.75, 3.05) is 0 Å². The zero-order chi connectivity index (χ0) is 22.1. The second kappa shape index (κ2) is 8.32. The van der Waals surface area contributed by atoms with E-state index < -0.39 is 0 Å². The van der Waals surface area contributed by atoms with Crippen molar-refractivity contribution in [1.29, 1.82) is 0 Å². The van der Waals surface area contributed by atoms with Crippen molar-refractivity contribution >= 4 is 10.9 Å². The first-order valence-corrected chi connectivity index (χ1v) is 11.0. The summed E-state index contributed by atoms with van der Waals surface area (Å²) >= 11 is 0. The number of rotatable bonds is 4. The maximum atomic E-state index is 14.0. The average molecular weight is 416 g/mol. The fraction of sp³-hybridized carbons (Fsp3) is 0.100. The van der Waals surface area contributed by atoms with Crippen molar-refractivity contribution in [1.82, 2.24) is 4.57 Å². The Labute approximate surface area is 188 Å².